The van der Waals surface area contributed by atoms with Gasteiger partial charge in [-0.15, -0.1) is 17.9 Å². The van der Waals surface area contributed by atoms with Gasteiger partial charge in [-0.1, -0.05) is 24.3 Å². The molecule has 0 fully saturated rings. The first kappa shape index (κ1) is 14.7. The lowest BCUT2D eigenvalue weighted by atomic mass is 10.2. The average molecular weight is 311 g/mol. The van der Waals surface area contributed by atoms with Crippen molar-refractivity contribution in [1.29, 1.82) is 0 Å². The first-order valence-electron chi connectivity index (χ1n) is 5.71. The van der Waals surface area contributed by atoms with Crippen molar-refractivity contribution >= 4 is 37.4 Å². The Morgan fingerprint density at radius 3 is 2.70 bits per heavy atom. The zero-order valence-electron chi connectivity index (χ0n) is 10.7. The standard InChI is InChI=1S/C13H13NO4S2/c1-3-8-14(2)20(17,18)12-9-6-4-5-7-10(9)19-11(12)13(15)16/h3-7H,1,8H2,2H3,(H,15,16). The molecule has 7 heteroatoms. The summed E-state index contributed by atoms with van der Waals surface area (Å²) in [7, 11) is -2.47. The maximum absolute atomic E-state index is 12.5. The minimum absolute atomic E-state index is 0.117. The molecule has 0 saturated carbocycles. The Kier molecular flexibility index (Phi) is 3.94. The molecule has 0 amide bonds. The molecule has 0 bridgehead atoms. The second-order valence-corrected chi connectivity index (χ2v) is 7.17. The van der Waals surface area contributed by atoms with Crippen LogP contribution in [0, 0.1) is 0 Å². The highest BCUT2D eigenvalue weighted by Gasteiger charge is 2.30. The van der Waals surface area contributed by atoms with Crippen LogP contribution < -0.4 is 0 Å². The number of benzene rings is 1. The number of carboxylic acid groups (broad SMARTS) is 1. The Morgan fingerprint density at radius 1 is 1.45 bits per heavy atom. The van der Waals surface area contributed by atoms with Crippen LogP contribution in [0.15, 0.2) is 41.8 Å². The summed E-state index contributed by atoms with van der Waals surface area (Å²) in [5.41, 5.74) is 0. The van der Waals surface area contributed by atoms with Gasteiger partial charge in [-0.25, -0.2) is 13.2 Å². The summed E-state index contributed by atoms with van der Waals surface area (Å²) in [6, 6.07) is 6.76. The molecule has 106 valence electrons. The van der Waals surface area contributed by atoms with Gasteiger partial charge in [-0.3, -0.25) is 0 Å². The molecule has 0 aliphatic carbocycles. The minimum Gasteiger partial charge on any atom is -0.477 e. The lowest BCUT2D eigenvalue weighted by Crippen LogP contribution is -2.28. The Hall–Kier alpha value is -1.70. The first-order chi connectivity index (χ1) is 9.39. The van der Waals surface area contributed by atoms with E-state index in [2.05, 4.69) is 6.58 Å². The molecule has 0 radical (unpaired) electrons. The lowest BCUT2D eigenvalue weighted by molar-refractivity contribution is 0.0698. The number of likely N-dealkylation sites (N-methyl/N-ethyl adjacent to an activating group) is 1. The molecule has 1 N–H and O–H groups in total. The smallest absolute Gasteiger partial charge is 0.347 e. The molecular weight excluding hydrogens is 298 g/mol. The van der Waals surface area contributed by atoms with Crippen LogP contribution in [0.25, 0.3) is 10.1 Å². The number of rotatable bonds is 5. The largest absolute Gasteiger partial charge is 0.477 e. The van der Waals surface area contributed by atoms with E-state index in [1.807, 2.05) is 0 Å². The number of hydrogen-bond donors (Lipinski definition) is 1. The van der Waals surface area contributed by atoms with Crippen molar-refractivity contribution < 1.29 is 18.3 Å². The van der Waals surface area contributed by atoms with Gasteiger partial charge in [0.05, 0.1) is 0 Å². The SMILES string of the molecule is C=CCN(C)S(=O)(=O)c1c(C(=O)O)sc2ccccc12. The van der Waals surface area contributed by atoms with Crippen LogP contribution in [0.1, 0.15) is 9.67 Å². The fourth-order valence-corrected chi connectivity index (χ4v) is 4.69. The summed E-state index contributed by atoms with van der Waals surface area (Å²) in [5, 5.41) is 9.68. The van der Waals surface area contributed by atoms with E-state index in [0.717, 1.165) is 15.6 Å². The molecule has 1 aromatic heterocycles. The summed E-state index contributed by atoms with van der Waals surface area (Å²) < 4.78 is 26.8. The van der Waals surface area contributed by atoms with Crippen molar-refractivity contribution in [3.63, 3.8) is 0 Å². The van der Waals surface area contributed by atoms with Crippen LogP contribution in [0.5, 0.6) is 0 Å². The monoisotopic (exact) mass is 311 g/mol. The molecule has 0 aliphatic rings. The zero-order chi connectivity index (χ0) is 14.9. The third-order valence-electron chi connectivity index (χ3n) is 2.80. The highest BCUT2D eigenvalue weighted by atomic mass is 32.2. The Balaban J connectivity index is 2.78. The molecule has 20 heavy (non-hydrogen) atoms. The third-order valence-corrected chi connectivity index (χ3v) is 6.00. The Bertz CT molecular complexity index is 777. The Labute approximate surface area is 120 Å². The number of carbonyl (C=O) groups is 1. The van der Waals surface area contributed by atoms with Gasteiger partial charge in [0.1, 0.15) is 9.77 Å². The van der Waals surface area contributed by atoms with Gasteiger partial charge in [0.2, 0.25) is 10.0 Å². The quantitative estimate of drug-likeness (QED) is 0.860. The van der Waals surface area contributed by atoms with Crippen LogP contribution in [-0.4, -0.2) is 37.4 Å². The van der Waals surface area contributed by atoms with Crippen LogP contribution in [0.4, 0.5) is 0 Å². The predicted molar refractivity (Wildman–Crippen MR) is 78.8 cm³/mol. The van der Waals surface area contributed by atoms with Crippen LogP contribution in [-0.2, 0) is 10.0 Å². The highest BCUT2D eigenvalue weighted by Crippen LogP contribution is 2.35. The van der Waals surface area contributed by atoms with Gasteiger partial charge in [0, 0.05) is 23.7 Å². The summed E-state index contributed by atoms with van der Waals surface area (Å²) in [6.45, 7) is 3.61. The molecular formula is C13H13NO4S2. The molecule has 2 aromatic rings. The molecule has 2 rings (SSSR count). The molecule has 0 spiro atoms. The first-order valence-corrected chi connectivity index (χ1v) is 7.97. The normalized spacial score (nSPS) is 11.9. The lowest BCUT2D eigenvalue weighted by Gasteiger charge is -2.15. The van der Waals surface area contributed by atoms with E-state index in [1.165, 1.54) is 13.1 Å². The van der Waals surface area contributed by atoms with Crippen molar-refractivity contribution in [2.45, 2.75) is 4.90 Å². The van der Waals surface area contributed by atoms with E-state index in [1.54, 1.807) is 24.3 Å². The van der Waals surface area contributed by atoms with Crippen LogP contribution in [0.2, 0.25) is 0 Å². The molecule has 5 nitrogen and oxygen atoms in total. The topological polar surface area (TPSA) is 74.7 Å². The summed E-state index contributed by atoms with van der Waals surface area (Å²) in [4.78, 5) is 11.0. The molecule has 0 saturated heterocycles. The van der Waals surface area contributed by atoms with E-state index in [9.17, 15) is 18.3 Å². The van der Waals surface area contributed by atoms with Crippen molar-refractivity contribution in [3.05, 3.63) is 41.8 Å². The van der Waals surface area contributed by atoms with Crippen LogP contribution >= 0.6 is 11.3 Å². The number of fused-ring (bicyclic) bond motifs is 1. The molecule has 0 atom stereocenters. The van der Waals surface area contributed by atoms with Gasteiger partial charge in [0.25, 0.3) is 0 Å². The minimum atomic E-state index is -3.87. The Morgan fingerprint density at radius 2 is 2.10 bits per heavy atom. The number of thiophene rings is 1. The van der Waals surface area contributed by atoms with Crippen molar-refractivity contribution in [2.24, 2.45) is 0 Å². The number of aromatic carboxylic acids is 1. The summed E-state index contributed by atoms with van der Waals surface area (Å²) >= 11 is 0.963. The molecule has 0 unspecified atom stereocenters. The van der Waals surface area contributed by atoms with Crippen molar-refractivity contribution in [3.8, 4) is 0 Å². The van der Waals surface area contributed by atoms with E-state index in [0.29, 0.717) is 10.1 Å². The maximum atomic E-state index is 12.5. The average Bonchev–Trinajstić information content (AvgIpc) is 2.79. The van der Waals surface area contributed by atoms with Crippen molar-refractivity contribution in [1.82, 2.24) is 4.31 Å². The number of nitrogens with zero attached hydrogens (tertiary/aromatic N) is 1. The molecule has 0 aliphatic heterocycles. The van der Waals surface area contributed by atoms with E-state index in [4.69, 9.17) is 0 Å². The fraction of sp³-hybridized carbons (Fsp3) is 0.154. The van der Waals surface area contributed by atoms with Crippen molar-refractivity contribution in [2.75, 3.05) is 13.6 Å². The second-order valence-electron chi connectivity index (χ2n) is 4.14. The second kappa shape index (κ2) is 5.35. The molecule has 1 heterocycles. The van der Waals surface area contributed by atoms with Gasteiger partial charge < -0.3 is 5.11 Å². The van der Waals surface area contributed by atoms with Gasteiger partial charge in [-0.05, 0) is 6.07 Å². The predicted octanol–water partition coefficient (Wildman–Crippen LogP) is 2.41. The number of hydrogen-bond acceptors (Lipinski definition) is 4. The zero-order valence-corrected chi connectivity index (χ0v) is 12.4. The van der Waals surface area contributed by atoms with E-state index in [-0.39, 0.29) is 16.3 Å². The van der Waals surface area contributed by atoms with Gasteiger partial charge in [0.15, 0.2) is 0 Å². The number of carboxylic acids is 1. The fourth-order valence-electron chi connectivity index (χ4n) is 1.85. The van der Waals surface area contributed by atoms with Gasteiger partial charge in [-0.2, -0.15) is 4.31 Å². The van der Waals surface area contributed by atoms with E-state index < -0.39 is 16.0 Å². The molecule has 1 aromatic carbocycles. The summed E-state index contributed by atoms with van der Waals surface area (Å²) in [5.74, 6) is -1.24. The number of sulfonamides is 1. The van der Waals surface area contributed by atoms with Crippen LogP contribution in [0.3, 0.4) is 0 Å². The third kappa shape index (κ3) is 2.35. The maximum Gasteiger partial charge on any atom is 0.347 e. The van der Waals surface area contributed by atoms with E-state index >= 15 is 0 Å². The summed E-state index contributed by atoms with van der Waals surface area (Å²) in [6.07, 6.45) is 1.45. The van der Waals surface area contributed by atoms with Gasteiger partial charge >= 0.3 is 5.97 Å². The highest BCUT2D eigenvalue weighted by molar-refractivity contribution is 7.89.